The van der Waals surface area contributed by atoms with Crippen LogP contribution in [0, 0.1) is 5.92 Å². The van der Waals surface area contributed by atoms with Crippen LogP contribution in [0.25, 0.3) is 0 Å². The van der Waals surface area contributed by atoms with E-state index in [0.29, 0.717) is 13.0 Å². The number of nitrogens with zero attached hydrogens (tertiary/aromatic N) is 2. The molecule has 2 saturated heterocycles. The summed E-state index contributed by atoms with van der Waals surface area (Å²) in [5, 5.41) is 0. The highest BCUT2D eigenvalue weighted by Crippen LogP contribution is 2.29. The van der Waals surface area contributed by atoms with E-state index in [4.69, 9.17) is 0 Å². The summed E-state index contributed by atoms with van der Waals surface area (Å²) in [6.45, 7) is 2.27. The van der Waals surface area contributed by atoms with E-state index in [1.54, 1.807) is 0 Å². The van der Waals surface area contributed by atoms with E-state index >= 15 is 0 Å². The number of fused-ring (bicyclic) bond motifs is 1. The van der Waals surface area contributed by atoms with Gasteiger partial charge in [-0.3, -0.25) is 9.59 Å². The van der Waals surface area contributed by atoms with E-state index in [2.05, 4.69) is 0 Å². The van der Waals surface area contributed by atoms with E-state index in [0.717, 1.165) is 44.7 Å². The monoisotopic (exact) mass is 292 g/mol. The number of amides is 2. The molecule has 0 aromatic heterocycles. The summed E-state index contributed by atoms with van der Waals surface area (Å²) >= 11 is 0. The van der Waals surface area contributed by atoms with Gasteiger partial charge in [-0.05, 0) is 38.0 Å². The summed E-state index contributed by atoms with van der Waals surface area (Å²) < 4.78 is 0. The van der Waals surface area contributed by atoms with E-state index in [9.17, 15) is 9.59 Å². The molecule has 0 aromatic carbocycles. The van der Waals surface area contributed by atoms with Crippen molar-refractivity contribution in [1.29, 1.82) is 0 Å². The normalized spacial score (nSPS) is 27.9. The standard InChI is InChI=1S/C17H28N2O2/c20-16-10-13-18(11-5-8-14-6-1-2-7-14)17(21)15-9-3-4-12-19(15)16/h14-15H,1-13H2. The lowest BCUT2D eigenvalue weighted by atomic mass is 10.0. The van der Waals surface area contributed by atoms with E-state index in [-0.39, 0.29) is 17.9 Å². The van der Waals surface area contributed by atoms with Crippen molar-refractivity contribution in [3.05, 3.63) is 0 Å². The van der Waals surface area contributed by atoms with Crippen LogP contribution in [-0.2, 0) is 9.59 Å². The van der Waals surface area contributed by atoms with Crippen molar-refractivity contribution in [3.8, 4) is 0 Å². The molecule has 1 saturated carbocycles. The van der Waals surface area contributed by atoms with Gasteiger partial charge in [0, 0.05) is 26.1 Å². The molecule has 1 unspecified atom stereocenters. The molecule has 3 rings (SSSR count). The molecule has 0 radical (unpaired) electrons. The lowest BCUT2D eigenvalue weighted by molar-refractivity contribution is -0.143. The highest BCUT2D eigenvalue weighted by molar-refractivity contribution is 5.90. The lowest BCUT2D eigenvalue weighted by Gasteiger charge is -2.34. The second-order valence-corrected chi connectivity index (χ2v) is 6.97. The van der Waals surface area contributed by atoms with Crippen LogP contribution in [0.3, 0.4) is 0 Å². The first kappa shape index (κ1) is 14.9. The van der Waals surface area contributed by atoms with E-state index < -0.39 is 0 Å². The Hall–Kier alpha value is -1.06. The molecule has 4 nitrogen and oxygen atoms in total. The van der Waals surface area contributed by atoms with Gasteiger partial charge in [0.25, 0.3) is 0 Å². The molecule has 2 amide bonds. The zero-order valence-corrected chi connectivity index (χ0v) is 13.1. The topological polar surface area (TPSA) is 40.6 Å². The van der Waals surface area contributed by atoms with Crippen LogP contribution in [0.4, 0.5) is 0 Å². The van der Waals surface area contributed by atoms with Gasteiger partial charge in [0.15, 0.2) is 0 Å². The molecule has 0 bridgehead atoms. The summed E-state index contributed by atoms with van der Waals surface area (Å²) in [6.07, 6.45) is 11.4. The van der Waals surface area contributed by atoms with Crippen LogP contribution in [0.5, 0.6) is 0 Å². The third-order valence-corrected chi connectivity index (χ3v) is 5.53. The highest BCUT2D eigenvalue weighted by Gasteiger charge is 2.37. The largest absolute Gasteiger partial charge is 0.340 e. The Labute approximate surface area is 127 Å². The fourth-order valence-electron chi connectivity index (χ4n) is 4.27. The van der Waals surface area contributed by atoms with Gasteiger partial charge in [0.1, 0.15) is 6.04 Å². The third kappa shape index (κ3) is 3.41. The molecular formula is C17H28N2O2. The van der Waals surface area contributed by atoms with Gasteiger partial charge in [-0.25, -0.2) is 0 Å². The molecule has 0 aromatic rings. The molecule has 21 heavy (non-hydrogen) atoms. The predicted octanol–water partition coefficient (Wildman–Crippen LogP) is 2.57. The molecule has 0 N–H and O–H groups in total. The van der Waals surface area contributed by atoms with Crippen LogP contribution in [-0.4, -0.2) is 47.3 Å². The first-order valence-corrected chi connectivity index (χ1v) is 8.84. The Morgan fingerprint density at radius 1 is 0.952 bits per heavy atom. The van der Waals surface area contributed by atoms with Crippen molar-refractivity contribution in [2.45, 2.75) is 70.3 Å². The SMILES string of the molecule is O=C1C2CCCCN2C(=O)CCN1CCCC1CCCC1. The number of hydrogen-bond acceptors (Lipinski definition) is 2. The third-order valence-electron chi connectivity index (χ3n) is 5.53. The van der Waals surface area contributed by atoms with E-state index in [1.807, 2.05) is 9.80 Å². The average molecular weight is 292 g/mol. The molecule has 2 heterocycles. The van der Waals surface area contributed by atoms with Gasteiger partial charge in [0.2, 0.25) is 11.8 Å². The predicted molar refractivity (Wildman–Crippen MR) is 81.7 cm³/mol. The molecular weight excluding hydrogens is 264 g/mol. The zero-order chi connectivity index (χ0) is 14.7. The molecule has 0 spiro atoms. The Morgan fingerprint density at radius 3 is 2.52 bits per heavy atom. The first-order chi connectivity index (χ1) is 10.3. The Balaban J connectivity index is 1.54. The van der Waals surface area contributed by atoms with Crippen molar-refractivity contribution in [2.75, 3.05) is 19.6 Å². The fraction of sp³-hybridized carbons (Fsp3) is 0.882. The van der Waals surface area contributed by atoms with Crippen molar-refractivity contribution in [1.82, 2.24) is 9.80 Å². The maximum absolute atomic E-state index is 12.7. The average Bonchev–Trinajstić information content (AvgIpc) is 2.99. The van der Waals surface area contributed by atoms with Gasteiger partial charge in [0.05, 0.1) is 0 Å². The van der Waals surface area contributed by atoms with Crippen molar-refractivity contribution >= 4 is 11.8 Å². The number of hydrogen-bond donors (Lipinski definition) is 0. The molecule has 2 aliphatic heterocycles. The number of rotatable bonds is 4. The van der Waals surface area contributed by atoms with Gasteiger partial charge in [-0.2, -0.15) is 0 Å². The Kier molecular flexibility index (Phi) is 4.81. The van der Waals surface area contributed by atoms with E-state index in [1.165, 1.54) is 32.1 Å². The lowest BCUT2D eigenvalue weighted by Crippen LogP contribution is -2.49. The Bertz CT molecular complexity index is 390. The van der Waals surface area contributed by atoms with Crippen molar-refractivity contribution < 1.29 is 9.59 Å². The maximum atomic E-state index is 12.7. The van der Waals surface area contributed by atoms with Crippen molar-refractivity contribution in [2.24, 2.45) is 5.92 Å². The van der Waals surface area contributed by atoms with Gasteiger partial charge in [-0.15, -0.1) is 0 Å². The molecule has 3 aliphatic rings. The number of piperidine rings is 1. The van der Waals surface area contributed by atoms with Gasteiger partial charge in [-0.1, -0.05) is 25.7 Å². The summed E-state index contributed by atoms with van der Waals surface area (Å²) in [5.41, 5.74) is 0. The molecule has 118 valence electrons. The first-order valence-electron chi connectivity index (χ1n) is 8.84. The minimum atomic E-state index is -0.153. The fourth-order valence-corrected chi connectivity index (χ4v) is 4.27. The minimum Gasteiger partial charge on any atom is -0.340 e. The van der Waals surface area contributed by atoms with Crippen LogP contribution in [0.1, 0.15) is 64.2 Å². The van der Waals surface area contributed by atoms with Crippen molar-refractivity contribution in [3.63, 3.8) is 0 Å². The van der Waals surface area contributed by atoms with Crippen LogP contribution in [0.15, 0.2) is 0 Å². The summed E-state index contributed by atoms with van der Waals surface area (Å²) in [6, 6.07) is -0.153. The molecule has 1 aliphatic carbocycles. The summed E-state index contributed by atoms with van der Waals surface area (Å²) in [4.78, 5) is 28.7. The quantitative estimate of drug-likeness (QED) is 0.799. The molecule has 4 heteroatoms. The minimum absolute atomic E-state index is 0.153. The summed E-state index contributed by atoms with van der Waals surface area (Å²) in [7, 11) is 0. The second kappa shape index (κ2) is 6.80. The van der Waals surface area contributed by atoms with Crippen LogP contribution >= 0.6 is 0 Å². The second-order valence-electron chi connectivity index (χ2n) is 6.97. The molecule has 1 atom stereocenters. The van der Waals surface area contributed by atoms with Crippen LogP contribution in [0.2, 0.25) is 0 Å². The molecule has 3 fully saturated rings. The summed E-state index contributed by atoms with van der Waals surface area (Å²) in [5.74, 6) is 1.29. The zero-order valence-electron chi connectivity index (χ0n) is 13.1. The number of carbonyl (C=O) groups is 2. The number of carbonyl (C=O) groups excluding carboxylic acids is 2. The Morgan fingerprint density at radius 2 is 1.71 bits per heavy atom. The van der Waals surface area contributed by atoms with Gasteiger partial charge >= 0.3 is 0 Å². The maximum Gasteiger partial charge on any atom is 0.245 e. The highest BCUT2D eigenvalue weighted by atomic mass is 16.2. The van der Waals surface area contributed by atoms with Crippen LogP contribution < -0.4 is 0 Å². The van der Waals surface area contributed by atoms with Gasteiger partial charge < -0.3 is 9.80 Å². The smallest absolute Gasteiger partial charge is 0.245 e.